The number of ether oxygens (including phenoxy) is 1. The fourth-order valence-corrected chi connectivity index (χ4v) is 2.92. The second-order valence-electron chi connectivity index (χ2n) is 4.29. The summed E-state index contributed by atoms with van der Waals surface area (Å²) in [7, 11) is 0. The van der Waals surface area contributed by atoms with E-state index >= 15 is 0 Å². The zero-order valence-corrected chi connectivity index (χ0v) is 10.8. The van der Waals surface area contributed by atoms with Gasteiger partial charge in [0.2, 0.25) is 0 Å². The largest absolute Gasteiger partial charge is 0.377 e. The Morgan fingerprint density at radius 2 is 2.56 bits per heavy atom. The van der Waals surface area contributed by atoms with Crippen molar-refractivity contribution in [1.29, 1.82) is 0 Å². The molecule has 2 heterocycles. The van der Waals surface area contributed by atoms with E-state index in [2.05, 4.69) is 17.2 Å². The minimum atomic E-state index is 0.416. The molecule has 0 spiro atoms. The summed E-state index contributed by atoms with van der Waals surface area (Å²) in [5.41, 5.74) is 0. The number of thiazole rings is 1. The standard InChI is InChI=1S/C12H20N2OS/c1-3-11(12-5-4-6-15-12)14-8-10-7-13-9(2)16-10/h7,11-12,14H,3-6,8H2,1-2H3. The Kier molecular flexibility index (Phi) is 4.32. The van der Waals surface area contributed by atoms with Crippen molar-refractivity contribution in [3.05, 3.63) is 16.1 Å². The van der Waals surface area contributed by atoms with Gasteiger partial charge in [0.15, 0.2) is 0 Å². The van der Waals surface area contributed by atoms with Crippen LogP contribution in [0.15, 0.2) is 6.20 Å². The summed E-state index contributed by atoms with van der Waals surface area (Å²) in [5, 5.41) is 4.73. The number of hydrogen-bond acceptors (Lipinski definition) is 4. The van der Waals surface area contributed by atoms with Gasteiger partial charge < -0.3 is 10.1 Å². The Bertz CT molecular complexity index is 321. The third-order valence-electron chi connectivity index (χ3n) is 3.06. The fraction of sp³-hybridized carbons (Fsp3) is 0.750. The number of rotatable bonds is 5. The lowest BCUT2D eigenvalue weighted by Crippen LogP contribution is -2.38. The Balaban J connectivity index is 1.82. The van der Waals surface area contributed by atoms with Crippen LogP contribution in [-0.2, 0) is 11.3 Å². The van der Waals surface area contributed by atoms with Gasteiger partial charge in [0.05, 0.1) is 11.1 Å². The summed E-state index contributed by atoms with van der Waals surface area (Å²) in [6.45, 7) is 6.12. The third-order valence-corrected chi connectivity index (χ3v) is 3.97. The second-order valence-corrected chi connectivity index (χ2v) is 5.61. The Morgan fingerprint density at radius 1 is 1.69 bits per heavy atom. The minimum Gasteiger partial charge on any atom is -0.377 e. The number of hydrogen-bond donors (Lipinski definition) is 1. The fourth-order valence-electron chi connectivity index (χ4n) is 2.18. The number of aryl methyl sites for hydroxylation is 1. The molecule has 3 nitrogen and oxygen atoms in total. The summed E-state index contributed by atoms with van der Waals surface area (Å²) < 4.78 is 5.72. The van der Waals surface area contributed by atoms with Crippen LogP contribution in [0.4, 0.5) is 0 Å². The van der Waals surface area contributed by atoms with Crippen molar-refractivity contribution < 1.29 is 4.74 Å². The van der Waals surface area contributed by atoms with Gasteiger partial charge in [-0.15, -0.1) is 11.3 Å². The highest BCUT2D eigenvalue weighted by molar-refractivity contribution is 7.11. The quantitative estimate of drug-likeness (QED) is 0.858. The summed E-state index contributed by atoms with van der Waals surface area (Å²) in [6.07, 6.45) is 5.92. The summed E-state index contributed by atoms with van der Waals surface area (Å²) in [6, 6.07) is 0.491. The Morgan fingerprint density at radius 3 is 3.12 bits per heavy atom. The van der Waals surface area contributed by atoms with E-state index in [0.717, 1.165) is 24.6 Å². The molecule has 2 unspecified atom stereocenters. The zero-order chi connectivity index (χ0) is 11.4. The van der Waals surface area contributed by atoms with Crippen molar-refractivity contribution in [2.75, 3.05) is 6.61 Å². The van der Waals surface area contributed by atoms with E-state index in [1.54, 1.807) is 11.3 Å². The van der Waals surface area contributed by atoms with Crippen molar-refractivity contribution in [1.82, 2.24) is 10.3 Å². The second kappa shape index (κ2) is 5.75. The van der Waals surface area contributed by atoms with E-state index in [1.165, 1.54) is 17.7 Å². The highest BCUT2D eigenvalue weighted by Crippen LogP contribution is 2.18. The van der Waals surface area contributed by atoms with Crippen molar-refractivity contribution >= 4 is 11.3 Å². The Labute approximate surface area is 101 Å². The molecular weight excluding hydrogens is 220 g/mol. The minimum absolute atomic E-state index is 0.416. The molecule has 0 saturated carbocycles. The van der Waals surface area contributed by atoms with E-state index in [-0.39, 0.29) is 0 Å². The van der Waals surface area contributed by atoms with Crippen LogP contribution in [0.5, 0.6) is 0 Å². The molecule has 0 amide bonds. The average Bonchev–Trinajstić information content (AvgIpc) is 2.91. The summed E-state index contributed by atoms with van der Waals surface area (Å²) >= 11 is 1.77. The van der Waals surface area contributed by atoms with Gasteiger partial charge in [-0.05, 0) is 26.2 Å². The van der Waals surface area contributed by atoms with E-state index in [9.17, 15) is 0 Å². The van der Waals surface area contributed by atoms with Crippen LogP contribution in [0.25, 0.3) is 0 Å². The first-order valence-corrected chi connectivity index (χ1v) is 6.87. The smallest absolute Gasteiger partial charge is 0.0897 e. The van der Waals surface area contributed by atoms with E-state index < -0.39 is 0 Å². The topological polar surface area (TPSA) is 34.2 Å². The molecule has 0 radical (unpaired) electrons. The average molecular weight is 240 g/mol. The third kappa shape index (κ3) is 3.03. The molecule has 90 valence electrons. The van der Waals surface area contributed by atoms with Gasteiger partial charge >= 0.3 is 0 Å². The highest BCUT2D eigenvalue weighted by Gasteiger charge is 2.24. The van der Waals surface area contributed by atoms with Gasteiger partial charge in [-0.2, -0.15) is 0 Å². The molecule has 1 aromatic heterocycles. The SMILES string of the molecule is CCC(NCc1cnc(C)s1)C1CCCO1. The van der Waals surface area contributed by atoms with Gasteiger partial charge in [0.1, 0.15) is 0 Å². The molecule has 1 aliphatic rings. The maximum atomic E-state index is 5.72. The molecule has 1 saturated heterocycles. The molecule has 1 fully saturated rings. The van der Waals surface area contributed by atoms with E-state index in [1.807, 2.05) is 13.1 Å². The molecule has 0 aromatic carbocycles. The highest BCUT2D eigenvalue weighted by atomic mass is 32.1. The summed E-state index contributed by atoms with van der Waals surface area (Å²) in [5.74, 6) is 0. The molecule has 0 bridgehead atoms. The van der Waals surface area contributed by atoms with E-state index in [4.69, 9.17) is 4.74 Å². The monoisotopic (exact) mass is 240 g/mol. The lowest BCUT2D eigenvalue weighted by Gasteiger charge is -2.22. The first kappa shape index (κ1) is 12.0. The molecule has 4 heteroatoms. The molecule has 1 aliphatic heterocycles. The van der Waals surface area contributed by atoms with Crippen LogP contribution in [-0.4, -0.2) is 23.7 Å². The van der Waals surface area contributed by atoms with E-state index in [0.29, 0.717) is 12.1 Å². The lowest BCUT2D eigenvalue weighted by atomic mass is 10.1. The van der Waals surface area contributed by atoms with Crippen molar-refractivity contribution in [2.24, 2.45) is 0 Å². The molecule has 1 N–H and O–H groups in total. The maximum Gasteiger partial charge on any atom is 0.0897 e. The first-order valence-electron chi connectivity index (χ1n) is 6.06. The predicted octanol–water partition coefficient (Wildman–Crippen LogP) is 2.50. The number of nitrogens with one attached hydrogen (secondary N) is 1. The maximum absolute atomic E-state index is 5.72. The number of aromatic nitrogens is 1. The van der Waals surface area contributed by atoms with Crippen LogP contribution in [0.3, 0.4) is 0 Å². The van der Waals surface area contributed by atoms with Crippen LogP contribution in [0.1, 0.15) is 36.1 Å². The van der Waals surface area contributed by atoms with Gasteiger partial charge in [0.25, 0.3) is 0 Å². The van der Waals surface area contributed by atoms with Gasteiger partial charge in [-0.25, -0.2) is 4.98 Å². The zero-order valence-electron chi connectivity index (χ0n) is 10.0. The molecule has 0 aliphatic carbocycles. The normalized spacial score (nSPS) is 22.5. The number of nitrogens with zero attached hydrogens (tertiary/aromatic N) is 1. The van der Waals surface area contributed by atoms with Crippen LogP contribution < -0.4 is 5.32 Å². The van der Waals surface area contributed by atoms with Crippen LogP contribution in [0, 0.1) is 6.92 Å². The molecule has 2 rings (SSSR count). The predicted molar refractivity (Wildman–Crippen MR) is 66.7 cm³/mol. The molecule has 1 aromatic rings. The van der Waals surface area contributed by atoms with Gasteiger partial charge in [-0.3, -0.25) is 0 Å². The first-order chi connectivity index (χ1) is 7.79. The Hall–Kier alpha value is -0.450. The lowest BCUT2D eigenvalue weighted by molar-refractivity contribution is 0.0765. The van der Waals surface area contributed by atoms with Crippen LogP contribution >= 0.6 is 11.3 Å². The molecular formula is C12H20N2OS. The van der Waals surface area contributed by atoms with Gasteiger partial charge in [0, 0.05) is 30.3 Å². The van der Waals surface area contributed by atoms with Crippen LogP contribution in [0.2, 0.25) is 0 Å². The molecule has 16 heavy (non-hydrogen) atoms. The summed E-state index contributed by atoms with van der Waals surface area (Å²) in [4.78, 5) is 5.58. The van der Waals surface area contributed by atoms with Crippen molar-refractivity contribution in [3.63, 3.8) is 0 Å². The van der Waals surface area contributed by atoms with Crippen molar-refractivity contribution in [3.8, 4) is 0 Å². The molecule has 2 atom stereocenters. The van der Waals surface area contributed by atoms with Crippen molar-refractivity contribution in [2.45, 2.75) is 51.8 Å². The van der Waals surface area contributed by atoms with Gasteiger partial charge in [-0.1, -0.05) is 6.92 Å².